The molecule has 0 saturated carbocycles. The largest absolute Gasteiger partial charge is 0.352 e. The number of carbonyl (C=O) groups excluding carboxylic acids is 1. The van der Waals surface area contributed by atoms with Crippen LogP contribution >= 0.6 is 0 Å². The van der Waals surface area contributed by atoms with Gasteiger partial charge in [0, 0.05) is 12.1 Å². The number of rotatable bonds is 13. The average molecular weight is 319 g/mol. The zero-order chi connectivity index (χ0) is 16.8. The molecule has 0 fully saturated rings. The molecule has 0 spiro atoms. The molecule has 0 atom stereocenters. The molecule has 0 heterocycles. The quantitative estimate of drug-likeness (QED) is 0.546. The zero-order valence-corrected chi connectivity index (χ0v) is 14.2. The van der Waals surface area contributed by atoms with Gasteiger partial charge < -0.3 is 11.1 Å². The van der Waals surface area contributed by atoms with Crippen molar-refractivity contribution in [3.05, 3.63) is 35.4 Å². The lowest BCUT2D eigenvalue weighted by Gasteiger charge is -2.06. The lowest BCUT2D eigenvalue weighted by Crippen LogP contribution is -2.24. The standard InChI is InChI=1S/C19H31N2O2/c20-14-6-2-3-7-15-21-19(23)18-12-10-17(11-13-18)9-5-1-4-8-16-22/h10-13H,1-9,14-16,20H2,(H,21,23). The number of amides is 1. The predicted octanol–water partition coefficient (Wildman–Crippen LogP) is 3.47. The van der Waals surface area contributed by atoms with Gasteiger partial charge in [-0.3, -0.25) is 4.79 Å². The topological polar surface area (TPSA) is 75.0 Å². The third kappa shape index (κ3) is 9.36. The van der Waals surface area contributed by atoms with Crippen LogP contribution in [0.3, 0.4) is 0 Å². The van der Waals surface area contributed by atoms with Gasteiger partial charge in [-0.25, -0.2) is 5.11 Å². The van der Waals surface area contributed by atoms with Crippen LogP contribution in [0.5, 0.6) is 0 Å². The SMILES string of the molecule is NCCCCCCNC(=O)c1ccc(CCCCCC[O])cc1. The molecule has 4 heteroatoms. The minimum absolute atomic E-state index is 0.00539. The molecule has 0 bridgehead atoms. The van der Waals surface area contributed by atoms with E-state index in [2.05, 4.69) is 5.32 Å². The summed E-state index contributed by atoms with van der Waals surface area (Å²) in [4.78, 5) is 12.0. The second-order valence-corrected chi connectivity index (χ2v) is 6.02. The smallest absolute Gasteiger partial charge is 0.251 e. The number of hydrogen-bond donors (Lipinski definition) is 2. The summed E-state index contributed by atoms with van der Waals surface area (Å²) in [6.07, 6.45) is 9.35. The number of benzene rings is 1. The molecule has 0 aliphatic heterocycles. The van der Waals surface area contributed by atoms with E-state index in [9.17, 15) is 9.90 Å². The monoisotopic (exact) mass is 319 g/mol. The van der Waals surface area contributed by atoms with Crippen molar-refractivity contribution in [2.75, 3.05) is 19.7 Å². The van der Waals surface area contributed by atoms with E-state index in [1.807, 2.05) is 24.3 Å². The maximum Gasteiger partial charge on any atom is 0.251 e. The van der Waals surface area contributed by atoms with Crippen molar-refractivity contribution in [3.63, 3.8) is 0 Å². The van der Waals surface area contributed by atoms with Gasteiger partial charge >= 0.3 is 0 Å². The summed E-state index contributed by atoms with van der Waals surface area (Å²) >= 11 is 0. The highest BCUT2D eigenvalue weighted by Gasteiger charge is 2.04. The third-order valence-electron chi connectivity index (χ3n) is 3.99. The molecule has 129 valence electrons. The summed E-state index contributed by atoms with van der Waals surface area (Å²) in [6.45, 7) is 1.51. The van der Waals surface area contributed by atoms with Gasteiger partial charge in [0.25, 0.3) is 5.91 Å². The van der Waals surface area contributed by atoms with Gasteiger partial charge in [0.1, 0.15) is 0 Å². The highest BCUT2D eigenvalue weighted by Crippen LogP contribution is 2.10. The van der Waals surface area contributed by atoms with Crippen molar-refractivity contribution in [1.82, 2.24) is 5.32 Å². The summed E-state index contributed by atoms with van der Waals surface area (Å²) < 4.78 is 0. The number of nitrogens with two attached hydrogens (primary N) is 1. The Kier molecular flexibility index (Phi) is 11.2. The fourth-order valence-electron chi connectivity index (χ4n) is 2.53. The van der Waals surface area contributed by atoms with Gasteiger partial charge in [-0.15, -0.1) is 0 Å². The maximum absolute atomic E-state index is 12.0. The summed E-state index contributed by atoms with van der Waals surface area (Å²) in [7, 11) is 0. The highest BCUT2D eigenvalue weighted by molar-refractivity contribution is 5.94. The number of carbonyl (C=O) groups is 1. The Bertz CT molecular complexity index is 418. The molecular formula is C19H31N2O2. The number of unbranched alkanes of at least 4 members (excludes halogenated alkanes) is 6. The first-order valence-electron chi connectivity index (χ1n) is 8.93. The molecule has 1 aromatic carbocycles. The van der Waals surface area contributed by atoms with Crippen LogP contribution in [0.2, 0.25) is 0 Å². The maximum atomic E-state index is 12.0. The average Bonchev–Trinajstić information content (AvgIpc) is 2.58. The van der Waals surface area contributed by atoms with Crippen LogP contribution in [0.1, 0.15) is 67.3 Å². The first-order chi connectivity index (χ1) is 11.3. The fraction of sp³-hybridized carbons (Fsp3) is 0.632. The van der Waals surface area contributed by atoms with Crippen molar-refractivity contribution in [2.45, 2.75) is 57.8 Å². The first kappa shape index (κ1) is 19.7. The third-order valence-corrected chi connectivity index (χ3v) is 3.99. The molecule has 3 N–H and O–H groups in total. The van der Waals surface area contributed by atoms with E-state index in [4.69, 9.17) is 5.73 Å². The predicted molar refractivity (Wildman–Crippen MR) is 94.0 cm³/mol. The highest BCUT2D eigenvalue weighted by atomic mass is 16.2. The van der Waals surface area contributed by atoms with Crippen molar-refractivity contribution < 1.29 is 9.90 Å². The fourth-order valence-corrected chi connectivity index (χ4v) is 2.53. The van der Waals surface area contributed by atoms with Crippen LogP contribution in [0, 0.1) is 0 Å². The van der Waals surface area contributed by atoms with Gasteiger partial charge in [-0.05, 0) is 56.3 Å². The molecule has 0 saturated heterocycles. The van der Waals surface area contributed by atoms with E-state index in [1.54, 1.807) is 0 Å². The Balaban J connectivity index is 2.20. The van der Waals surface area contributed by atoms with Crippen LogP contribution in [-0.4, -0.2) is 25.6 Å². The van der Waals surface area contributed by atoms with Crippen molar-refractivity contribution in [2.24, 2.45) is 5.73 Å². The Morgan fingerprint density at radius 2 is 1.52 bits per heavy atom. The summed E-state index contributed by atoms with van der Waals surface area (Å²) in [5, 5.41) is 13.3. The molecule has 0 aromatic heterocycles. The van der Waals surface area contributed by atoms with Crippen molar-refractivity contribution in [1.29, 1.82) is 0 Å². The molecule has 4 nitrogen and oxygen atoms in total. The molecule has 1 rings (SSSR count). The Hall–Kier alpha value is -1.39. The van der Waals surface area contributed by atoms with Crippen LogP contribution < -0.4 is 11.1 Å². The molecular weight excluding hydrogens is 288 g/mol. The van der Waals surface area contributed by atoms with E-state index in [0.717, 1.165) is 76.4 Å². The summed E-state index contributed by atoms with van der Waals surface area (Å²) in [5.41, 5.74) is 7.43. The van der Waals surface area contributed by atoms with Gasteiger partial charge in [0.2, 0.25) is 0 Å². The van der Waals surface area contributed by atoms with Crippen LogP contribution in [-0.2, 0) is 11.5 Å². The van der Waals surface area contributed by atoms with E-state index < -0.39 is 0 Å². The van der Waals surface area contributed by atoms with E-state index >= 15 is 0 Å². The molecule has 0 unspecified atom stereocenters. The van der Waals surface area contributed by atoms with E-state index in [-0.39, 0.29) is 12.5 Å². The number of nitrogens with one attached hydrogen (secondary N) is 1. The summed E-state index contributed by atoms with van der Waals surface area (Å²) in [5.74, 6) is 0.00539. The Labute approximate surface area is 140 Å². The second-order valence-electron chi connectivity index (χ2n) is 6.02. The molecule has 1 amide bonds. The van der Waals surface area contributed by atoms with Gasteiger partial charge in [0.15, 0.2) is 0 Å². The minimum Gasteiger partial charge on any atom is -0.352 e. The first-order valence-corrected chi connectivity index (χ1v) is 8.93. The van der Waals surface area contributed by atoms with Crippen LogP contribution in [0.4, 0.5) is 0 Å². The van der Waals surface area contributed by atoms with E-state index in [0.29, 0.717) is 0 Å². The van der Waals surface area contributed by atoms with Gasteiger partial charge in [0.05, 0.1) is 6.61 Å². The lowest BCUT2D eigenvalue weighted by atomic mass is 10.0. The molecule has 1 aromatic rings. The normalized spacial score (nSPS) is 10.7. The molecule has 1 radical (unpaired) electrons. The Morgan fingerprint density at radius 1 is 0.870 bits per heavy atom. The lowest BCUT2D eigenvalue weighted by molar-refractivity contribution is 0.0953. The zero-order valence-electron chi connectivity index (χ0n) is 14.2. The van der Waals surface area contributed by atoms with Gasteiger partial charge in [-0.2, -0.15) is 0 Å². The summed E-state index contributed by atoms with van der Waals surface area (Å²) in [6, 6.07) is 7.86. The van der Waals surface area contributed by atoms with Crippen LogP contribution in [0.15, 0.2) is 24.3 Å². The van der Waals surface area contributed by atoms with Gasteiger partial charge in [-0.1, -0.05) is 37.8 Å². The minimum atomic E-state index is 0.00539. The van der Waals surface area contributed by atoms with E-state index in [1.165, 1.54) is 5.56 Å². The molecule has 0 aliphatic carbocycles. The van der Waals surface area contributed by atoms with Crippen molar-refractivity contribution >= 4 is 5.91 Å². The Morgan fingerprint density at radius 3 is 2.22 bits per heavy atom. The number of hydrogen-bond acceptors (Lipinski definition) is 2. The molecule has 23 heavy (non-hydrogen) atoms. The second kappa shape index (κ2) is 13.1. The molecule has 0 aliphatic rings. The van der Waals surface area contributed by atoms with Crippen molar-refractivity contribution in [3.8, 4) is 0 Å². The number of aryl methyl sites for hydroxylation is 1. The van der Waals surface area contributed by atoms with Crippen LogP contribution in [0.25, 0.3) is 0 Å².